The van der Waals surface area contributed by atoms with E-state index in [0.29, 0.717) is 18.9 Å². The summed E-state index contributed by atoms with van der Waals surface area (Å²) in [4.78, 5) is 23.6. The van der Waals surface area contributed by atoms with Crippen molar-refractivity contribution in [3.05, 3.63) is 59.4 Å². The normalized spacial score (nSPS) is 17.6. The maximum Gasteiger partial charge on any atom is 0.274 e. The summed E-state index contributed by atoms with van der Waals surface area (Å²) in [6, 6.07) is 4.56. The number of halogens is 4. The standard InChI is InChI=1S/C25H22F4N6O3/c1-13-17(26)9-16(22-32-24(38-33-22)14-10-25(28,29)11-14)20(27)21(13)31-23(36)18-12-30-19-8-15(2-3-35(18)19)34-4-6-37-7-5-34/h2-3,8-9,12,14H,4-7,10-11H2,1H3,(H,31,36). The molecule has 0 atom stereocenters. The number of morpholine rings is 1. The number of benzene rings is 1. The fraction of sp³-hybridized carbons (Fsp3) is 0.360. The Morgan fingerprint density at radius 1 is 1.18 bits per heavy atom. The molecule has 0 radical (unpaired) electrons. The largest absolute Gasteiger partial charge is 0.378 e. The molecule has 9 nitrogen and oxygen atoms in total. The van der Waals surface area contributed by atoms with Crippen molar-refractivity contribution in [1.82, 2.24) is 19.5 Å². The number of amides is 1. The molecule has 0 unspecified atom stereocenters. The summed E-state index contributed by atoms with van der Waals surface area (Å²) in [5.74, 6) is -6.33. The molecule has 0 spiro atoms. The zero-order valence-corrected chi connectivity index (χ0v) is 20.2. The summed E-state index contributed by atoms with van der Waals surface area (Å²) in [5.41, 5.74) is 0.665. The van der Waals surface area contributed by atoms with Gasteiger partial charge in [0.05, 0.1) is 30.7 Å². The molecule has 38 heavy (non-hydrogen) atoms. The molecule has 1 amide bonds. The van der Waals surface area contributed by atoms with Crippen LogP contribution < -0.4 is 10.2 Å². The van der Waals surface area contributed by atoms with Gasteiger partial charge in [-0.05, 0) is 19.1 Å². The number of alkyl halides is 2. The molecular weight excluding hydrogens is 508 g/mol. The van der Waals surface area contributed by atoms with E-state index in [4.69, 9.17) is 9.26 Å². The van der Waals surface area contributed by atoms with E-state index in [1.54, 1.807) is 10.6 Å². The van der Waals surface area contributed by atoms with E-state index in [1.165, 1.54) is 13.1 Å². The molecular formula is C25H22F4N6O3. The zero-order valence-electron chi connectivity index (χ0n) is 20.2. The molecule has 198 valence electrons. The molecule has 1 saturated carbocycles. The van der Waals surface area contributed by atoms with Crippen LogP contribution in [0.4, 0.5) is 28.9 Å². The minimum Gasteiger partial charge on any atom is -0.378 e. The first-order valence-electron chi connectivity index (χ1n) is 12.0. The summed E-state index contributed by atoms with van der Waals surface area (Å²) in [6.07, 6.45) is 2.13. The Kier molecular flexibility index (Phi) is 5.82. The summed E-state index contributed by atoms with van der Waals surface area (Å²) in [7, 11) is 0. The monoisotopic (exact) mass is 530 g/mol. The van der Waals surface area contributed by atoms with Crippen LogP contribution in [0, 0.1) is 18.6 Å². The van der Waals surface area contributed by atoms with Gasteiger partial charge in [0.25, 0.3) is 5.91 Å². The molecule has 3 aromatic heterocycles. The number of pyridine rings is 1. The van der Waals surface area contributed by atoms with Crippen LogP contribution >= 0.6 is 0 Å². The molecule has 1 aliphatic carbocycles. The minimum atomic E-state index is -2.81. The van der Waals surface area contributed by atoms with Crippen molar-refractivity contribution < 1.29 is 31.6 Å². The highest BCUT2D eigenvalue weighted by atomic mass is 19.3. The van der Waals surface area contributed by atoms with Gasteiger partial charge in [-0.3, -0.25) is 9.20 Å². The van der Waals surface area contributed by atoms with Crippen LogP contribution in [0.1, 0.15) is 40.7 Å². The molecule has 0 bridgehead atoms. The first-order valence-corrected chi connectivity index (χ1v) is 12.0. The molecule has 2 aliphatic rings. The van der Waals surface area contributed by atoms with Crippen LogP contribution in [0.2, 0.25) is 0 Å². The van der Waals surface area contributed by atoms with E-state index in [-0.39, 0.29) is 28.5 Å². The van der Waals surface area contributed by atoms with E-state index in [2.05, 4.69) is 25.3 Å². The van der Waals surface area contributed by atoms with Crippen molar-refractivity contribution in [3.63, 3.8) is 0 Å². The number of carbonyl (C=O) groups excluding carboxylic acids is 1. The van der Waals surface area contributed by atoms with E-state index in [9.17, 15) is 18.0 Å². The third kappa shape index (κ3) is 4.26. The minimum absolute atomic E-state index is 0.0703. The molecule has 1 aliphatic heterocycles. The van der Waals surface area contributed by atoms with Crippen molar-refractivity contribution in [3.8, 4) is 11.4 Å². The number of hydrogen-bond donors (Lipinski definition) is 1. The number of hydrogen-bond acceptors (Lipinski definition) is 7. The summed E-state index contributed by atoms with van der Waals surface area (Å²) >= 11 is 0. The maximum absolute atomic E-state index is 15.5. The number of carbonyl (C=O) groups is 1. The van der Waals surface area contributed by atoms with Gasteiger partial charge < -0.3 is 19.5 Å². The van der Waals surface area contributed by atoms with E-state index >= 15 is 4.39 Å². The van der Waals surface area contributed by atoms with Gasteiger partial charge in [0.2, 0.25) is 17.6 Å². The van der Waals surface area contributed by atoms with Gasteiger partial charge in [-0.15, -0.1) is 0 Å². The highest BCUT2D eigenvalue weighted by molar-refractivity contribution is 6.04. The highest BCUT2D eigenvalue weighted by Gasteiger charge is 2.48. The van der Waals surface area contributed by atoms with E-state index in [1.807, 2.05) is 12.1 Å². The quantitative estimate of drug-likeness (QED) is 0.378. The van der Waals surface area contributed by atoms with Crippen LogP contribution in [-0.4, -0.2) is 57.7 Å². The number of ether oxygens (including phenoxy) is 1. The predicted octanol–water partition coefficient (Wildman–Crippen LogP) is 4.57. The highest BCUT2D eigenvalue weighted by Crippen LogP contribution is 2.48. The molecule has 13 heteroatoms. The summed E-state index contributed by atoms with van der Waals surface area (Å²) < 4.78 is 68.7. The average Bonchev–Trinajstić information content (AvgIpc) is 3.55. The van der Waals surface area contributed by atoms with Crippen molar-refractivity contribution in [2.45, 2.75) is 31.6 Å². The molecule has 6 rings (SSSR count). The van der Waals surface area contributed by atoms with Crippen molar-refractivity contribution >= 4 is 22.9 Å². The van der Waals surface area contributed by atoms with Crippen LogP contribution in [0.25, 0.3) is 17.0 Å². The Bertz CT molecular complexity index is 1540. The first kappa shape index (κ1) is 24.3. The van der Waals surface area contributed by atoms with Crippen molar-refractivity contribution in [2.24, 2.45) is 0 Å². The lowest BCUT2D eigenvalue weighted by molar-refractivity contribution is -0.0925. The number of nitrogens with zero attached hydrogens (tertiary/aromatic N) is 5. The fourth-order valence-electron chi connectivity index (χ4n) is 4.71. The Morgan fingerprint density at radius 3 is 2.68 bits per heavy atom. The number of anilines is 2. The molecule has 1 saturated heterocycles. The van der Waals surface area contributed by atoms with Crippen LogP contribution in [0.5, 0.6) is 0 Å². The Balaban J connectivity index is 1.27. The summed E-state index contributed by atoms with van der Waals surface area (Å²) in [6.45, 7) is 4.03. The number of fused-ring (bicyclic) bond motifs is 1. The lowest BCUT2D eigenvalue weighted by Gasteiger charge is -2.31. The maximum atomic E-state index is 15.5. The van der Waals surface area contributed by atoms with Gasteiger partial charge in [0, 0.05) is 55.4 Å². The Labute approximate surface area is 213 Å². The number of imidazole rings is 1. The first-order chi connectivity index (χ1) is 18.2. The average molecular weight is 530 g/mol. The van der Waals surface area contributed by atoms with Gasteiger partial charge in [0.15, 0.2) is 5.82 Å². The second-order valence-corrected chi connectivity index (χ2v) is 9.45. The van der Waals surface area contributed by atoms with Crippen LogP contribution in [0.3, 0.4) is 0 Å². The van der Waals surface area contributed by atoms with Crippen molar-refractivity contribution in [2.75, 3.05) is 36.5 Å². The van der Waals surface area contributed by atoms with Gasteiger partial charge in [-0.2, -0.15) is 4.98 Å². The van der Waals surface area contributed by atoms with Crippen molar-refractivity contribution in [1.29, 1.82) is 0 Å². The third-order valence-corrected chi connectivity index (χ3v) is 6.93. The predicted molar refractivity (Wildman–Crippen MR) is 127 cm³/mol. The lowest BCUT2D eigenvalue weighted by atomic mass is 9.81. The second kappa shape index (κ2) is 9.08. The Hall–Kier alpha value is -4.00. The molecule has 4 heterocycles. The number of nitrogens with one attached hydrogen (secondary N) is 1. The van der Waals surface area contributed by atoms with E-state index < -0.39 is 47.9 Å². The van der Waals surface area contributed by atoms with Crippen LogP contribution in [-0.2, 0) is 4.74 Å². The molecule has 1 aromatic carbocycles. The SMILES string of the molecule is Cc1c(F)cc(-c2noc(C3CC(F)(F)C3)n2)c(F)c1NC(=O)c1cnc2cc(N3CCOCC3)ccn12. The number of aromatic nitrogens is 4. The summed E-state index contributed by atoms with van der Waals surface area (Å²) in [5, 5.41) is 6.09. The van der Waals surface area contributed by atoms with Gasteiger partial charge >= 0.3 is 0 Å². The molecule has 2 fully saturated rings. The smallest absolute Gasteiger partial charge is 0.274 e. The topological polar surface area (TPSA) is 97.8 Å². The lowest BCUT2D eigenvalue weighted by Crippen LogP contribution is -2.36. The van der Waals surface area contributed by atoms with Crippen LogP contribution in [0.15, 0.2) is 35.1 Å². The Morgan fingerprint density at radius 2 is 1.95 bits per heavy atom. The van der Waals surface area contributed by atoms with Gasteiger partial charge in [0.1, 0.15) is 17.2 Å². The second-order valence-electron chi connectivity index (χ2n) is 9.45. The molecule has 4 aromatic rings. The van der Waals surface area contributed by atoms with Gasteiger partial charge in [-0.25, -0.2) is 22.5 Å². The molecule has 1 N–H and O–H groups in total. The van der Waals surface area contributed by atoms with Gasteiger partial charge in [-0.1, -0.05) is 5.16 Å². The number of rotatable bonds is 5. The zero-order chi connectivity index (χ0) is 26.6. The third-order valence-electron chi connectivity index (χ3n) is 6.93. The van der Waals surface area contributed by atoms with E-state index in [0.717, 1.165) is 24.8 Å². The fourth-order valence-corrected chi connectivity index (χ4v) is 4.71.